The van der Waals surface area contributed by atoms with Crippen LogP contribution in [-0.2, 0) is 0 Å². The molecule has 2 N–H and O–H groups in total. The molecular formula is C15H10Cl2N2O. The van der Waals surface area contributed by atoms with Crippen LogP contribution in [0.15, 0.2) is 48.7 Å². The minimum Gasteiger partial charge on any atom is -0.437 e. The molecule has 20 heavy (non-hydrogen) atoms. The fourth-order valence-corrected chi connectivity index (χ4v) is 2.38. The topological polar surface area (TPSA) is 48.1 Å². The van der Waals surface area contributed by atoms with Crippen molar-refractivity contribution in [2.24, 2.45) is 0 Å². The Kier molecular flexibility index (Phi) is 3.38. The van der Waals surface area contributed by atoms with Gasteiger partial charge in [0, 0.05) is 22.7 Å². The van der Waals surface area contributed by atoms with Crippen molar-refractivity contribution in [3.63, 3.8) is 0 Å². The fraction of sp³-hybridized carbons (Fsp3) is 0. The summed E-state index contributed by atoms with van der Waals surface area (Å²) >= 11 is 11.9. The minimum atomic E-state index is 0.311. The van der Waals surface area contributed by atoms with Gasteiger partial charge in [0.1, 0.15) is 10.8 Å². The number of benzene rings is 2. The Morgan fingerprint density at radius 2 is 1.75 bits per heavy atom. The van der Waals surface area contributed by atoms with Gasteiger partial charge in [0.2, 0.25) is 5.88 Å². The van der Waals surface area contributed by atoms with Gasteiger partial charge in [0.25, 0.3) is 0 Å². The van der Waals surface area contributed by atoms with E-state index in [0.29, 0.717) is 27.4 Å². The number of pyridine rings is 1. The third-order valence-electron chi connectivity index (χ3n) is 2.90. The normalized spacial score (nSPS) is 10.7. The van der Waals surface area contributed by atoms with Crippen molar-refractivity contribution in [3.05, 3.63) is 58.7 Å². The first-order chi connectivity index (χ1) is 9.65. The Bertz CT molecular complexity index is 790. The largest absolute Gasteiger partial charge is 0.437 e. The summed E-state index contributed by atoms with van der Waals surface area (Å²) in [5.74, 6) is 0.956. The molecule has 100 valence electrons. The highest BCUT2D eigenvalue weighted by molar-refractivity contribution is 6.35. The number of fused-ring (bicyclic) bond motifs is 1. The second-order valence-corrected chi connectivity index (χ2v) is 5.08. The number of anilines is 1. The van der Waals surface area contributed by atoms with Crippen LogP contribution in [0.3, 0.4) is 0 Å². The van der Waals surface area contributed by atoms with E-state index in [1.165, 1.54) is 6.20 Å². The van der Waals surface area contributed by atoms with Crippen molar-refractivity contribution >= 4 is 39.7 Å². The Morgan fingerprint density at radius 3 is 2.50 bits per heavy atom. The fourth-order valence-electron chi connectivity index (χ4n) is 1.97. The summed E-state index contributed by atoms with van der Waals surface area (Å²) in [6.07, 6.45) is 1.49. The number of nitrogens with two attached hydrogens (primary N) is 1. The standard InChI is InChI=1S/C15H10Cl2N2O/c16-9-7-12(17)15(19-8-9)20-14-6-5-13(18)10-3-1-2-4-11(10)14/h1-8H,18H2. The molecule has 0 aliphatic heterocycles. The summed E-state index contributed by atoms with van der Waals surface area (Å²) in [5.41, 5.74) is 6.65. The van der Waals surface area contributed by atoms with Crippen LogP contribution in [0.4, 0.5) is 5.69 Å². The molecule has 0 aliphatic rings. The van der Waals surface area contributed by atoms with Crippen LogP contribution in [-0.4, -0.2) is 4.98 Å². The van der Waals surface area contributed by atoms with Crippen molar-refractivity contribution in [1.29, 1.82) is 0 Å². The van der Waals surface area contributed by atoms with Gasteiger partial charge in [-0.1, -0.05) is 47.5 Å². The quantitative estimate of drug-likeness (QED) is 0.684. The average Bonchev–Trinajstić information content (AvgIpc) is 2.45. The van der Waals surface area contributed by atoms with Crippen LogP contribution < -0.4 is 10.5 Å². The molecule has 0 saturated heterocycles. The van der Waals surface area contributed by atoms with E-state index in [9.17, 15) is 0 Å². The maximum atomic E-state index is 6.07. The maximum absolute atomic E-state index is 6.07. The molecular weight excluding hydrogens is 295 g/mol. The van der Waals surface area contributed by atoms with Crippen molar-refractivity contribution in [2.75, 3.05) is 5.73 Å². The molecule has 0 aliphatic carbocycles. The Hall–Kier alpha value is -1.97. The van der Waals surface area contributed by atoms with Gasteiger partial charge in [-0.2, -0.15) is 0 Å². The highest BCUT2D eigenvalue weighted by Crippen LogP contribution is 2.35. The first-order valence-electron chi connectivity index (χ1n) is 5.91. The zero-order valence-electron chi connectivity index (χ0n) is 10.3. The van der Waals surface area contributed by atoms with Crippen LogP contribution in [0, 0.1) is 0 Å². The monoisotopic (exact) mass is 304 g/mol. The molecule has 1 aromatic heterocycles. The van der Waals surface area contributed by atoms with Crippen molar-refractivity contribution in [2.45, 2.75) is 0 Å². The van der Waals surface area contributed by atoms with Gasteiger partial charge < -0.3 is 10.5 Å². The molecule has 0 bridgehead atoms. The number of aromatic nitrogens is 1. The van der Waals surface area contributed by atoms with Crippen molar-refractivity contribution in [1.82, 2.24) is 4.98 Å². The molecule has 0 radical (unpaired) electrons. The number of nitrogens with zero attached hydrogens (tertiary/aromatic N) is 1. The summed E-state index contributed by atoms with van der Waals surface area (Å²) in [4.78, 5) is 4.08. The van der Waals surface area contributed by atoms with Crippen molar-refractivity contribution in [3.8, 4) is 11.6 Å². The van der Waals surface area contributed by atoms with E-state index in [4.69, 9.17) is 33.7 Å². The highest BCUT2D eigenvalue weighted by atomic mass is 35.5. The van der Waals surface area contributed by atoms with E-state index >= 15 is 0 Å². The Morgan fingerprint density at radius 1 is 1.00 bits per heavy atom. The lowest BCUT2D eigenvalue weighted by molar-refractivity contribution is 0.468. The predicted molar refractivity (Wildman–Crippen MR) is 82.7 cm³/mol. The second-order valence-electron chi connectivity index (χ2n) is 4.24. The second kappa shape index (κ2) is 5.19. The zero-order valence-corrected chi connectivity index (χ0v) is 11.8. The minimum absolute atomic E-state index is 0.311. The Labute approximate surface area is 125 Å². The number of nitrogen functional groups attached to an aromatic ring is 1. The van der Waals surface area contributed by atoms with Gasteiger partial charge in [-0.15, -0.1) is 0 Å². The van der Waals surface area contributed by atoms with Gasteiger partial charge in [0.05, 0.1) is 5.02 Å². The van der Waals surface area contributed by atoms with Crippen LogP contribution in [0.2, 0.25) is 10.0 Å². The van der Waals surface area contributed by atoms with Gasteiger partial charge >= 0.3 is 0 Å². The van der Waals surface area contributed by atoms with E-state index in [-0.39, 0.29) is 0 Å². The lowest BCUT2D eigenvalue weighted by Gasteiger charge is -2.10. The lowest BCUT2D eigenvalue weighted by atomic mass is 10.1. The number of hydrogen-bond donors (Lipinski definition) is 1. The number of halogens is 2. The van der Waals surface area contributed by atoms with Crippen LogP contribution in [0.25, 0.3) is 10.8 Å². The maximum Gasteiger partial charge on any atom is 0.238 e. The molecule has 0 amide bonds. The molecule has 0 saturated carbocycles. The van der Waals surface area contributed by atoms with Crippen LogP contribution >= 0.6 is 23.2 Å². The molecule has 1 heterocycles. The van der Waals surface area contributed by atoms with E-state index in [1.807, 2.05) is 24.3 Å². The molecule has 3 aromatic rings. The Balaban J connectivity index is 2.09. The van der Waals surface area contributed by atoms with Crippen molar-refractivity contribution < 1.29 is 4.74 Å². The van der Waals surface area contributed by atoms with Gasteiger partial charge in [-0.3, -0.25) is 0 Å². The van der Waals surface area contributed by atoms with Crippen LogP contribution in [0.5, 0.6) is 11.6 Å². The van der Waals surface area contributed by atoms with Crippen LogP contribution in [0.1, 0.15) is 0 Å². The van der Waals surface area contributed by atoms with Gasteiger partial charge in [-0.25, -0.2) is 4.98 Å². The lowest BCUT2D eigenvalue weighted by Crippen LogP contribution is -1.92. The summed E-state index contributed by atoms with van der Waals surface area (Å²) in [6.45, 7) is 0. The molecule has 3 nitrogen and oxygen atoms in total. The molecule has 2 aromatic carbocycles. The summed E-state index contributed by atoms with van der Waals surface area (Å²) in [5, 5.41) is 2.65. The first-order valence-corrected chi connectivity index (χ1v) is 6.67. The summed E-state index contributed by atoms with van der Waals surface area (Å²) in [6, 6.07) is 12.9. The van der Waals surface area contributed by atoms with E-state index in [1.54, 1.807) is 18.2 Å². The third-order valence-corrected chi connectivity index (χ3v) is 3.38. The third kappa shape index (κ3) is 2.38. The predicted octanol–water partition coefficient (Wildman–Crippen LogP) is 4.92. The smallest absolute Gasteiger partial charge is 0.238 e. The van der Waals surface area contributed by atoms with E-state index in [0.717, 1.165) is 10.8 Å². The van der Waals surface area contributed by atoms with Gasteiger partial charge in [-0.05, 0) is 18.2 Å². The number of ether oxygens (including phenoxy) is 1. The average molecular weight is 305 g/mol. The molecule has 0 unspecified atom stereocenters. The van der Waals surface area contributed by atoms with E-state index < -0.39 is 0 Å². The first kappa shape index (κ1) is 13.0. The molecule has 5 heteroatoms. The summed E-state index contributed by atoms with van der Waals surface area (Å²) in [7, 11) is 0. The molecule has 3 rings (SSSR count). The summed E-state index contributed by atoms with van der Waals surface area (Å²) < 4.78 is 5.78. The van der Waals surface area contributed by atoms with Gasteiger partial charge in [0.15, 0.2) is 0 Å². The molecule has 0 spiro atoms. The number of hydrogen-bond acceptors (Lipinski definition) is 3. The molecule has 0 atom stereocenters. The highest BCUT2D eigenvalue weighted by Gasteiger charge is 2.09. The van der Waals surface area contributed by atoms with E-state index in [2.05, 4.69) is 4.98 Å². The number of rotatable bonds is 2. The zero-order chi connectivity index (χ0) is 14.1. The SMILES string of the molecule is Nc1ccc(Oc2ncc(Cl)cc2Cl)c2ccccc12. The molecule has 0 fully saturated rings.